The molecule has 2 saturated carbocycles. The van der Waals surface area contributed by atoms with Crippen molar-refractivity contribution in [1.29, 1.82) is 0 Å². The van der Waals surface area contributed by atoms with E-state index in [1.807, 2.05) is 6.92 Å². The number of hydrogen-bond acceptors (Lipinski definition) is 3. The highest BCUT2D eigenvalue weighted by Gasteiger charge is 2.14. The minimum Gasteiger partial charge on any atom is -0.481 e. The zero-order chi connectivity index (χ0) is 26.0. The fourth-order valence-corrected chi connectivity index (χ4v) is 4.11. The van der Waals surface area contributed by atoms with E-state index in [1.165, 1.54) is 54.9 Å². The molecule has 36 heavy (non-hydrogen) atoms. The van der Waals surface area contributed by atoms with E-state index in [2.05, 4.69) is 18.2 Å². The fraction of sp³-hybridized carbons (Fsp3) is 0.677. The van der Waals surface area contributed by atoms with Gasteiger partial charge in [0, 0.05) is 30.0 Å². The van der Waals surface area contributed by atoms with Gasteiger partial charge in [-0.1, -0.05) is 95.2 Å². The minimum atomic E-state index is -0.708. The molecule has 1 aromatic heterocycles. The van der Waals surface area contributed by atoms with Crippen molar-refractivity contribution >= 4 is 22.7 Å². The fourth-order valence-electron chi connectivity index (χ4n) is 4.11. The first-order chi connectivity index (χ1) is 17.5. The molecule has 5 heteroatoms. The van der Waals surface area contributed by atoms with Gasteiger partial charge in [0.25, 0.3) is 0 Å². The van der Waals surface area contributed by atoms with Crippen molar-refractivity contribution in [2.24, 2.45) is 0 Å². The average molecular weight is 501 g/mol. The summed E-state index contributed by atoms with van der Waals surface area (Å²) in [6.07, 6.45) is 21.5. The van der Waals surface area contributed by atoms with Crippen LogP contribution in [0.4, 0.5) is 0 Å². The standard InChI is InChI=1S/C25H36O5.2C3H6/c1-19-21-15-12-14-20(13-8-4-2-6-10-17-23(26)27)25(21)22(30-19)16-9-5-3-7-11-18-24(28)29;2*1-2-3-1/h12,14-15H,2-11,13,16-18H2,1H3,(H,26,27)(H,28,29);2*1-3H2. The lowest BCUT2D eigenvalue weighted by molar-refractivity contribution is -0.138. The molecule has 2 N–H and O–H groups in total. The van der Waals surface area contributed by atoms with Gasteiger partial charge in [-0.2, -0.15) is 0 Å². The molecular weight excluding hydrogens is 452 g/mol. The lowest BCUT2D eigenvalue weighted by atomic mass is 9.97. The summed E-state index contributed by atoms with van der Waals surface area (Å²) >= 11 is 0. The number of fused-ring (bicyclic) bond motifs is 1. The van der Waals surface area contributed by atoms with E-state index in [0.29, 0.717) is 0 Å². The van der Waals surface area contributed by atoms with E-state index >= 15 is 0 Å². The van der Waals surface area contributed by atoms with Crippen LogP contribution in [-0.2, 0) is 22.4 Å². The van der Waals surface area contributed by atoms with Crippen LogP contribution in [0.1, 0.15) is 133 Å². The highest BCUT2D eigenvalue weighted by Crippen LogP contribution is 2.31. The highest BCUT2D eigenvalue weighted by atomic mass is 16.4. The van der Waals surface area contributed by atoms with Crippen LogP contribution in [-0.4, -0.2) is 22.2 Å². The maximum atomic E-state index is 10.6. The average Bonchev–Trinajstić information content (AvgIpc) is 3.74. The van der Waals surface area contributed by atoms with Crippen molar-refractivity contribution in [3.8, 4) is 0 Å². The Morgan fingerprint density at radius 3 is 1.67 bits per heavy atom. The first-order valence-corrected chi connectivity index (χ1v) is 14.4. The van der Waals surface area contributed by atoms with Gasteiger partial charge in [0.1, 0.15) is 11.5 Å². The largest absolute Gasteiger partial charge is 0.481 e. The van der Waals surface area contributed by atoms with Crippen molar-refractivity contribution in [2.45, 2.75) is 135 Å². The van der Waals surface area contributed by atoms with Crippen molar-refractivity contribution < 1.29 is 24.2 Å². The van der Waals surface area contributed by atoms with E-state index in [-0.39, 0.29) is 12.8 Å². The zero-order valence-corrected chi connectivity index (χ0v) is 22.5. The van der Waals surface area contributed by atoms with Crippen LogP contribution >= 0.6 is 0 Å². The van der Waals surface area contributed by atoms with Gasteiger partial charge in [-0.3, -0.25) is 9.59 Å². The number of rotatable bonds is 16. The molecule has 1 aromatic carbocycles. The SMILES string of the molecule is C1CC1.C1CC1.Cc1oc(CCCCCCCC(=O)O)c2c(CCCCCCCC(=O)O)cccc12. The molecule has 0 spiro atoms. The van der Waals surface area contributed by atoms with Gasteiger partial charge in [-0.15, -0.1) is 0 Å². The molecule has 2 aliphatic carbocycles. The first-order valence-electron chi connectivity index (χ1n) is 14.4. The van der Waals surface area contributed by atoms with E-state index in [4.69, 9.17) is 14.6 Å². The smallest absolute Gasteiger partial charge is 0.303 e. The van der Waals surface area contributed by atoms with Gasteiger partial charge in [0.15, 0.2) is 0 Å². The quantitative estimate of drug-likeness (QED) is 0.224. The molecule has 2 fully saturated rings. The highest BCUT2D eigenvalue weighted by molar-refractivity contribution is 5.89. The summed E-state index contributed by atoms with van der Waals surface area (Å²) in [4.78, 5) is 21.1. The van der Waals surface area contributed by atoms with E-state index in [9.17, 15) is 9.59 Å². The van der Waals surface area contributed by atoms with Gasteiger partial charge in [-0.25, -0.2) is 0 Å². The maximum absolute atomic E-state index is 10.6. The molecule has 202 valence electrons. The maximum Gasteiger partial charge on any atom is 0.303 e. The second-order valence-corrected chi connectivity index (χ2v) is 10.4. The Hall–Kier alpha value is -2.30. The predicted molar refractivity (Wildman–Crippen MR) is 147 cm³/mol. The van der Waals surface area contributed by atoms with Crippen LogP contribution in [0.5, 0.6) is 0 Å². The molecule has 0 aliphatic heterocycles. The zero-order valence-electron chi connectivity index (χ0n) is 22.5. The van der Waals surface area contributed by atoms with Gasteiger partial charge in [0.05, 0.1) is 0 Å². The van der Waals surface area contributed by atoms with E-state index < -0.39 is 11.9 Å². The number of furan rings is 1. The third-order valence-corrected chi connectivity index (χ3v) is 6.42. The molecule has 0 bridgehead atoms. The summed E-state index contributed by atoms with van der Waals surface area (Å²) in [7, 11) is 0. The molecule has 0 unspecified atom stereocenters. The van der Waals surface area contributed by atoms with E-state index in [1.54, 1.807) is 0 Å². The van der Waals surface area contributed by atoms with Crippen molar-refractivity contribution in [2.75, 3.05) is 0 Å². The van der Waals surface area contributed by atoms with Gasteiger partial charge in [-0.05, 0) is 44.6 Å². The number of aliphatic carboxylic acids is 2. The number of carbonyl (C=O) groups is 2. The second-order valence-electron chi connectivity index (χ2n) is 10.4. The molecule has 0 atom stereocenters. The van der Waals surface area contributed by atoms with Crippen LogP contribution in [0.2, 0.25) is 0 Å². The summed E-state index contributed by atoms with van der Waals surface area (Å²) in [5.74, 6) is 0.659. The predicted octanol–water partition coefficient (Wildman–Crippen LogP) is 9.02. The van der Waals surface area contributed by atoms with Crippen molar-refractivity contribution in [1.82, 2.24) is 0 Å². The van der Waals surface area contributed by atoms with Gasteiger partial charge < -0.3 is 14.6 Å². The van der Waals surface area contributed by atoms with E-state index in [0.717, 1.165) is 88.6 Å². The van der Waals surface area contributed by atoms with Crippen LogP contribution in [0.3, 0.4) is 0 Å². The number of carboxylic acid groups (broad SMARTS) is 2. The molecule has 2 aromatic rings. The first kappa shape index (κ1) is 29.9. The Morgan fingerprint density at radius 1 is 0.694 bits per heavy atom. The normalized spacial score (nSPS) is 13.4. The van der Waals surface area contributed by atoms with Crippen LogP contribution in [0.25, 0.3) is 10.8 Å². The summed E-state index contributed by atoms with van der Waals surface area (Å²) in [6, 6.07) is 6.45. The number of hydrogen-bond donors (Lipinski definition) is 2. The Labute approximate surface area is 217 Å². The van der Waals surface area contributed by atoms with Crippen LogP contribution in [0.15, 0.2) is 22.6 Å². The molecule has 4 rings (SSSR count). The topological polar surface area (TPSA) is 87.7 Å². The summed E-state index contributed by atoms with van der Waals surface area (Å²) < 4.78 is 6.11. The molecule has 0 amide bonds. The molecule has 5 nitrogen and oxygen atoms in total. The monoisotopic (exact) mass is 500 g/mol. The lowest BCUT2D eigenvalue weighted by Gasteiger charge is -2.06. The lowest BCUT2D eigenvalue weighted by Crippen LogP contribution is -1.94. The summed E-state index contributed by atoms with van der Waals surface area (Å²) in [6.45, 7) is 2.03. The summed E-state index contributed by atoms with van der Waals surface area (Å²) in [5, 5.41) is 19.9. The van der Waals surface area contributed by atoms with Gasteiger partial charge >= 0.3 is 11.9 Å². The molecule has 2 aliphatic rings. The Bertz CT molecular complexity index is 882. The second kappa shape index (κ2) is 18.0. The van der Waals surface area contributed by atoms with Crippen LogP contribution in [0, 0.1) is 6.92 Å². The third-order valence-electron chi connectivity index (χ3n) is 6.42. The Balaban J connectivity index is 0.000000660. The van der Waals surface area contributed by atoms with Crippen molar-refractivity contribution in [3.05, 3.63) is 35.3 Å². The number of benzene rings is 1. The number of aryl methyl sites for hydroxylation is 3. The number of carboxylic acids is 2. The molecule has 0 saturated heterocycles. The van der Waals surface area contributed by atoms with Gasteiger partial charge in [0.2, 0.25) is 0 Å². The Morgan fingerprint density at radius 2 is 1.17 bits per heavy atom. The Kier molecular flexibility index (Phi) is 15.0. The summed E-state index contributed by atoms with van der Waals surface area (Å²) in [5.41, 5.74) is 1.35. The molecule has 0 radical (unpaired) electrons. The van der Waals surface area contributed by atoms with Crippen LogP contribution < -0.4 is 0 Å². The minimum absolute atomic E-state index is 0.269. The molecule has 1 heterocycles. The number of unbranched alkanes of at least 4 members (excludes halogenated alkanes) is 8. The molecular formula is C31H48O5. The van der Waals surface area contributed by atoms with Crippen molar-refractivity contribution in [3.63, 3.8) is 0 Å². The third kappa shape index (κ3) is 14.3.